The van der Waals surface area contributed by atoms with Gasteiger partial charge >= 0.3 is 0 Å². The van der Waals surface area contributed by atoms with Gasteiger partial charge in [0.15, 0.2) is 15.7 Å². The van der Waals surface area contributed by atoms with Crippen LogP contribution in [0.1, 0.15) is 5.56 Å². The summed E-state index contributed by atoms with van der Waals surface area (Å²) in [5.41, 5.74) is 1.81. The zero-order valence-corrected chi connectivity index (χ0v) is 15.1. The van der Waals surface area contributed by atoms with E-state index in [4.69, 9.17) is 11.6 Å². The Labute approximate surface area is 151 Å². The number of rotatable bonds is 5. The Kier molecular flexibility index (Phi) is 5.01. The number of sulfone groups is 1. The predicted octanol–water partition coefficient (Wildman–Crippen LogP) is 3.81. The molecule has 2 aromatic carbocycles. The summed E-state index contributed by atoms with van der Waals surface area (Å²) < 4.78 is 23.1. The van der Waals surface area contributed by atoms with Crippen molar-refractivity contribution >= 4 is 27.3 Å². The molecule has 0 radical (unpaired) electrons. The molecule has 0 unspecified atom stereocenters. The average molecular weight is 374 g/mol. The van der Waals surface area contributed by atoms with Crippen molar-refractivity contribution in [1.82, 2.24) is 9.97 Å². The highest BCUT2D eigenvalue weighted by Gasteiger charge is 2.10. The normalized spacial score (nSPS) is 11.3. The van der Waals surface area contributed by atoms with Crippen molar-refractivity contribution in [2.45, 2.75) is 11.4 Å². The van der Waals surface area contributed by atoms with Gasteiger partial charge in [-0.15, -0.1) is 0 Å². The van der Waals surface area contributed by atoms with E-state index in [2.05, 4.69) is 15.3 Å². The highest BCUT2D eigenvalue weighted by molar-refractivity contribution is 7.90. The van der Waals surface area contributed by atoms with Crippen LogP contribution in [0.25, 0.3) is 11.4 Å². The van der Waals surface area contributed by atoms with Gasteiger partial charge in [-0.1, -0.05) is 41.9 Å². The van der Waals surface area contributed by atoms with Crippen LogP contribution in [0, 0.1) is 0 Å². The van der Waals surface area contributed by atoms with Gasteiger partial charge in [-0.3, -0.25) is 0 Å². The van der Waals surface area contributed by atoms with Gasteiger partial charge in [0.2, 0.25) is 0 Å². The zero-order chi connectivity index (χ0) is 17.9. The first kappa shape index (κ1) is 17.4. The SMILES string of the molecule is CS(=O)(=O)c1ccc(-c2nc(Cl)cc(NCc3ccccc3)n2)cc1. The molecule has 128 valence electrons. The third-order valence-corrected chi connectivity index (χ3v) is 4.87. The van der Waals surface area contributed by atoms with Crippen LogP contribution >= 0.6 is 11.6 Å². The minimum Gasteiger partial charge on any atom is -0.366 e. The number of nitrogens with one attached hydrogen (secondary N) is 1. The van der Waals surface area contributed by atoms with Crippen LogP contribution in [0.3, 0.4) is 0 Å². The van der Waals surface area contributed by atoms with Gasteiger partial charge in [0, 0.05) is 24.4 Å². The van der Waals surface area contributed by atoms with Crippen molar-refractivity contribution in [1.29, 1.82) is 0 Å². The van der Waals surface area contributed by atoms with Crippen LogP contribution in [-0.2, 0) is 16.4 Å². The van der Waals surface area contributed by atoms with Crippen LogP contribution in [-0.4, -0.2) is 24.6 Å². The number of nitrogens with zero attached hydrogens (tertiary/aromatic N) is 2. The molecule has 7 heteroatoms. The van der Waals surface area contributed by atoms with E-state index < -0.39 is 9.84 Å². The van der Waals surface area contributed by atoms with E-state index in [0.29, 0.717) is 28.9 Å². The Morgan fingerprint density at radius 3 is 2.32 bits per heavy atom. The fourth-order valence-corrected chi connectivity index (χ4v) is 3.09. The van der Waals surface area contributed by atoms with E-state index in [9.17, 15) is 8.42 Å². The molecule has 0 bridgehead atoms. The lowest BCUT2D eigenvalue weighted by atomic mass is 10.2. The smallest absolute Gasteiger partial charge is 0.175 e. The first-order valence-electron chi connectivity index (χ1n) is 7.55. The lowest BCUT2D eigenvalue weighted by molar-refractivity contribution is 0.602. The van der Waals surface area contributed by atoms with E-state index >= 15 is 0 Å². The van der Waals surface area contributed by atoms with Gasteiger partial charge in [-0.2, -0.15) is 0 Å². The van der Waals surface area contributed by atoms with Gasteiger partial charge < -0.3 is 5.32 Å². The second-order valence-corrected chi connectivity index (χ2v) is 7.94. The summed E-state index contributed by atoms with van der Waals surface area (Å²) in [7, 11) is -3.24. The molecule has 0 saturated heterocycles. The van der Waals surface area contributed by atoms with Gasteiger partial charge in [0.05, 0.1) is 4.90 Å². The van der Waals surface area contributed by atoms with Crippen molar-refractivity contribution < 1.29 is 8.42 Å². The average Bonchev–Trinajstić information content (AvgIpc) is 2.60. The third kappa shape index (κ3) is 4.55. The summed E-state index contributed by atoms with van der Waals surface area (Å²) in [5, 5.41) is 3.53. The highest BCUT2D eigenvalue weighted by Crippen LogP contribution is 2.22. The predicted molar refractivity (Wildman–Crippen MR) is 99.4 cm³/mol. The number of benzene rings is 2. The number of halogens is 1. The molecule has 1 aromatic heterocycles. The molecule has 0 amide bonds. The highest BCUT2D eigenvalue weighted by atomic mass is 35.5. The molecule has 5 nitrogen and oxygen atoms in total. The van der Waals surface area contributed by atoms with E-state index in [1.54, 1.807) is 18.2 Å². The summed E-state index contributed by atoms with van der Waals surface area (Å²) >= 11 is 6.10. The molecule has 3 aromatic rings. The van der Waals surface area contributed by atoms with Crippen LogP contribution in [0.15, 0.2) is 65.6 Å². The van der Waals surface area contributed by atoms with Crippen LogP contribution in [0.4, 0.5) is 5.82 Å². The number of hydrogen-bond donors (Lipinski definition) is 1. The zero-order valence-electron chi connectivity index (χ0n) is 13.5. The van der Waals surface area contributed by atoms with Gasteiger partial charge in [0.25, 0.3) is 0 Å². The largest absolute Gasteiger partial charge is 0.366 e. The Balaban J connectivity index is 1.84. The van der Waals surface area contributed by atoms with Gasteiger partial charge in [0.1, 0.15) is 11.0 Å². The van der Waals surface area contributed by atoms with Crippen molar-refractivity contribution in [2.75, 3.05) is 11.6 Å². The maximum absolute atomic E-state index is 11.5. The van der Waals surface area contributed by atoms with E-state index in [-0.39, 0.29) is 4.90 Å². The molecule has 0 fully saturated rings. The van der Waals surface area contributed by atoms with Crippen LogP contribution < -0.4 is 5.32 Å². The maximum atomic E-state index is 11.5. The second kappa shape index (κ2) is 7.21. The Bertz CT molecular complexity index is 975. The Morgan fingerprint density at radius 2 is 1.68 bits per heavy atom. The maximum Gasteiger partial charge on any atom is 0.175 e. The molecule has 0 aliphatic rings. The molecular weight excluding hydrogens is 358 g/mol. The number of anilines is 1. The molecule has 0 atom stereocenters. The minimum atomic E-state index is -3.24. The lowest BCUT2D eigenvalue weighted by Crippen LogP contribution is -2.03. The standard InChI is InChI=1S/C18H16ClN3O2S/c1-25(23,24)15-9-7-14(8-10-15)18-21-16(19)11-17(22-18)20-12-13-5-3-2-4-6-13/h2-11H,12H2,1H3,(H,20,21,22). The van der Waals surface area contributed by atoms with Crippen LogP contribution in [0.2, 0.25) is 5.15 Å². The molecule has 0 aliphatic carbocycles. The minimum absolute atomic E-state index is 0.251. The topological polar surface area (TPSA) is 72.0 Å². The van der Waals surface area contributed by atoms with Gasteiger partial charge in [-0.05, 0) is 29.8 Å². The Hall–Kier alpha value is -2.44. The number of aromatic nitrogens is 2. The van der Waals surface area contributed by atoms with Crippen molar-refractivity contribution in [3.8, 4) is 11.4 Å². The summed E-state index contributed by atoms with van der Waals surface area (Å²) in [6.07, 6.45) is 1.17. The second-order valence-electron chi connectivity index (χ2n) is 5.54. The summed E-state index contributed by atoms with van der Waals surface area (Å²) in [6.45, 7) is 0.612. The lowest BCUT2D eigenvalue weighted by Gasteiger charge is -2.08. The number of hydrogen-bond acceptors (Lipinski definition) is 5. The van der Waals surface area contributed by atoms with Crippen molar-refractivity contribution in [3.05, 3.63) is 71.4 Å². The fraction of sp³-hybridized carbons (Fsp3) is 0.111. The molecule has 3 rings (SSSR count). The molecule has 1 heterocycles. The van der Waals surface area contributed by atoms with Crippen LogP contribution in [0.5, 0.6) is 0 Å². The van der Waals surface area contributed by atoms with E-state index in [1.807, 2.05) is 30.3 Å². The molecular formula is C18H16ClN3O2S. The molecule has 0 saturated carbocycles. The monoisotopic (exact) mass is 373 g/mol. The summed E-state index contributed by atoms with van der Waals surface area (Å²) in [4.78, 5) is 8.92. The first-order valence-corrected chi connectivity index (χ1v) is 9.81. The first-order chi connectivity index (χ1) is 11.9. The Morgan fingerprint density at radius 1 is 1.00 bits per heavy atom. The third-order valence-electron chi connectivity index (χ3n) is 3.55. The van der Waals surface area contributed by atoms with Crippen molar-refractivity contribution in [2.24, 2.45) is 0 Å². The molecule has 0 spiro atoms. The van der Waals surface area contributed by atoms with E-state index in [0.717, 1.165) is 5.56 Å². The van der Waals surface area contributed by atoms with E-state index in [1.165, 1.54) is 18.4 Å². The summed E-state index contributed by atoms with van der Waals surface area (Å²) in [5.74, 6) is 1.04. The van der Waals surface area contributed by atoms with Crippen molar-refractivity contribution in [3.63, 3.8) is 0 Å². The quantitative estimate of drug-likeness (QED) is 0.688. The molecule has 0 aliphatic heterocycles. The molecule has 25 heavy (non-hydrogen) atoms. The fourth-order valence-electron chi connectivity index (χ4n) is 2.28. The van der Waals surface area contributed by atoms with Gasteiger partial charge in [-0.25, -0.2) is 18.4 Å². The molecule has 1 N–H and O–H groups in total. The summed E-state index contributed by atoms with van der Waals surface area (Å²) in [6, 6.07) is 18.0.